The van der Waals surface area contributed by atoms with Gasteiger partial charge in [-0.15, -0.1) is 0 Å². The molecular formula is C10H14O2. The Kier molecular flexibility index (Phi) is 2.69. The molecule has 0 radical (unpaired) electrons. The highest BCUT2D eigenvalue weighted by atomic mass is 16.5. The monoisotopic (exact) mass is 166 g/mol. The van der Waals surface area contributed by atoms with E-state index >= 15 is 0 Å². The van der Waals surface area contributed by atoms with Crippen LogP contribution in [-0.4, -0.2) is 12.1 Å². The highest BCUT2D eigenvalue weighted by molar-refractivity contribution is 5.87. The van der Waals surface area contributed by atoms with Gasteiger partial charge < -0.3 is 4.74 Å². The van der Waals surface area contributed by atoms with Gasteiger partial charge in [0.15, 0.2) is 0 Å². The van der Waals surface area contributed by atoms with E-state index in [2.05, 4.69) is 13.5 Å². The minimum Gasteiger partial charge on any atom is -0.455 e. The lowest BCUT2D eigenvalue weighted by molar-refractivity contribution is -0.142. The molecule has 0 saturated carbocycles. The number of ether oxygens (including phenoxy) is 1. The van der Waals surface area contributed by atoms with Crippen molar-refractivity contribution in [3.8, 4) is 0 Å². The Balaban J connectivity index is 2.43. The summed E-state index contributed by atoms with van der Waals surface area (Å²) in [6, 6.07) is 0. The molecule has 0 spiro atoms. The van der Waals surface area contributed by atoms with E-state index < -0.39 is 0 Å². The van der Waals surface area contributed by atoms with Crippen LogP contribution in [-0.2, 0) is 9.53 Å². The van der Waals surface area contributed by atoms with Crippen LogP contribution in [0.1, 0.15) is 26.7 Å². The van der Waals surface area contributed by atoms with Crippen LogP contribution < -0.4 is 0 Å². The van der Waals surface area contributed by atoms with Gasteiger partial charge in [0.2, 0.25) is 0 Å². The Bertz CT molecular complexity index is 238. The van der Waals surface area contributed by atoms with Crippen LogP contribution in [0, 0.1) is 0 Å². The SMILES string of the molecule is C=C(C)C(=O)OC1C=C(C)CC1. The lowest BCUT2D eigenvalue weighted by Crippen LogP contribution is -2.13. The molecule has 0 saturated heterocycles. The molecule has 0 aromatic carbocycles. The average molecular weight is 166 g/mol. The standard InChI is InChI=1S/C10H14O2/c1-7(2)10(11)12-9-5-4-8(3)6-9/h6,9H,1,4-5H2,2-3H3. The smallest absolute Gasteiger partial charge is 0.333 e. The zero-order valence-corrected chi connectivity index (χ0v) is 7.59. The van der Waals surface area contributed by atoms with Crippen molar-refractivity contribution in [1.29, 1.82) is 0 Å². The van der Waals surface area contributed by atoms with Crippen molar-refractivity contribution in [2.75, 3.05) is 0 Å². The van der Waals surface area contributed by atoms with Crippen molar-refractivity contribution in [3.63, 3.8) is 0 Å². The van der Waals surface area contributed by atoms with Gasteiger partial charge in [0.05, 0.1) is 0 Å². The quantitative estimate of drug-likeness (QED) is 0.357. The fourth-order valence-corrected chi connectivity index (χ4v) is 1.18. The molecule has 1 aliphatic carbocycles. The van der Waals surface area contributed by atoms with E-state index in [1.807, 2.05) is 6.08 Å². The maximum absolute atomic E-state index is 11.1. The van der Waals surface area contributed by atoms with E-state index in [0.29, 0.717) is 5.57 Å². The van der Waals surface area contributed by atoms with Gasteiger partial charge in [-0.2, -0.15) is 0 Å². The topological polar surface area (TPSA) is 26.3 Å². The molecule has 0 bridgehead atoms. The Labute approximate surface area is 72.9 Å². The van der Waals surface area contributed by atoms with Crippen LogP contribution in [0.5, 0.6) is 0 Å². The molecule has 0 aromatic rings. The van der Waals surface area contributed by atoms with E-state index in [9.17, 15) is 4.79 Å². The molecule has 1 atom stereocenters. The normalized spacial score (nSPS) is 21.8. The number of hydrogen-bond donors (Lipinski definition) is 0. The summed E-state index contributed by atoms with van der Waals surface area (Å²) in [5.74, 6) is -0.286. The summed E-state index contributed by atoms with van der Waals surface area (Å²) in [5, 5.41) is 0. The van der Waals surface area contributed by atoms with Crippen LogP contribution in [0.4, 0.5) is 0 Å². The van der Waals surface area contributed by atoms with Gasteiger partial charge in [0, 0.05) is 5.57 Å². The molecule has 2 nitrogen and oxygen atoms in total. The molecule has 12 heavy (non-hydrogen) atoms. The molecule has 0 aliphatic heterocycles. The highest BCUT2D eigenvalue weighted by Gasteiger charge is 2.17. The third kappa shape index (κ3) is 2.22. The van der Waals surface area contributed by atoms with E-state index in [-0.39, 0.29) is 12.1 Å². The molecule has 1 rings (SSSR count). The molecule has 1 aliphatic rings. The van der Waals surface area contributed by atoms with Gasteiger partial charge in [-0.3, -0.25) is 0 Å². The number of carbonyl (C=O) groups is 1. The van der Waals surface area contributed by atoms with Crippen LogP contribution in [0.25, 0.3) is 0 Å². The molecule has 1 unspecified atom stereocenters. The molecule has 2 heteroatoms. The molecule has 66 valence electrons. The van der Waals surface area contributed by atoms with Gasteiger partial charge in [-0.25, -0.2) is 4.79 Å². The van der Waals surface area contributed by atoms with Gasteiger partial charge >= 0.3 is 5.97 Å². The first kappa shape index (κ1) is 9.04. The molecular weight excluding hydrogens is 152 g/mol. The van der Waals surface area contributed by atoms with Crippen molar-refractivity contribution in [2.24, 2.45) is 0 Å². The first-order valence-electron chi connectivity index (χ1n) is 4.13. The molecule has 0 amide bonds. The van der Waals surface area contributed by atoms with Gasteiger partial charge in [-0.1, -0.05) is 12.2 Å². The first-order chi connectivity index (χ1) is 5.59. The summed E-state index contributed by atoms with van der Waals surface area (Å²) in [6.45, 7) is 7.23. The number of esters is 1. The summed E-state index contributed by atoms with van der Waals surface area (Å²) in [5.41, 5.74) is 1.77. The first-order valence-corrected chi connectivity index (χ1v) is 4.13. The Morgan fingerprint density at radius 3 is 2.83 bits per heavy atom. The van der Waals surface area contributed by atoms with E-state index in [1.54, 1.807) is 6.92 Å². The number of hydrogen-bond acceptors (Lipinski definition) is 2. The summed E-state index contributed by atoms with van der Waals surface area (Å²) in [7, 11) is 0. The van der Waals surface area contributed by atoms with Crippen molar-refractivity contribution in [3.05, 3.63) is 23.8 Å². The molecule has 0 fully saturated rings. The van der Waals surface area contributed by atoms with Crippen molar-refractivity contribution < 1.29 is 9.53 Å². The largest absolute Gasteiger partial charge is 0.455 e. The predicted octanol–water partition coefficient (Wildman–Crippen LogP) is 2.21. The molecule has 0 N–H and O–H groups in total. The average Bonchev–Trinajstić information content (AvgIpc) is 2.35. The third-order valence-electron chi connectivity index (χ3n) is 1.90. The van der Waals surface area contributed by atoms with Crippen LogP contribution >= 0.6 is 0 Å². The molecule has 0 heterocycles. The van der Waals surface area contributed by atoms with Crippen molar-refractivity contribution in [2.45, 2.75) is 32.8 Å². The summed E-state index contributed by atoms with van der Waals surface area (Å²) in [6.07, 6.45) is 3.94. The minimum atomic E-state index is -0.286. The van der Waals surface area contributed by atoms with E-state index in [4.69, 9.17) is 4.74 Å². The van der Waals surface area contributed by atoms with Crippen LogP contribution in [0.3, 0.4) is 0 Å². The van der Waals surface area contributed by atoms with Crippen LogP contribution in [0.2, 0.25) is 0 Å². The second-order valence-corrected chi connectivity index (χ2v) is 3.28. The van der Waals surface area contributed by atoms with Gasteiger partial charge in [-0.05, 0) is 32.8 Å². The predicted molar refractivity (Wildman–Crippen MR) is 47.7 cm³/mol. The number of rotatable bonds is 2. The maximum Gasteiger partial charge on any atom is 0.333 e. The Hall–Kier alpha value is -1.05. The Morgan fingerprint density at radius 2 is 2.42 bits per heavy atom. The zero-order valence-electron chi connectivity index (χ0n) is 7.59. The van der Waals surface area contributed by atoms with E-state index in [1.165, 1.54) is 5.57 Å². The highest BCUT2D eigenvalue weighted by Crippen LogP contribution is 2.20. The summed E-state index contributed by atoms with van der Waals surface area (Å²) < 4.78 is 5.13. The van der Waals surface area contributed by atoms with E-state index in [0.717, 1.165) is 12.8 Å². The van der Waals surface area contributed by atoms with Crippen molar-refractivity contribution in [1.82, 2.24) is 0 Å². The third-order valence-corrected chi connectivity index (χ3v) is 1.90. The second-order valence-electron chi connectivity index (χ2n) is 3.28. The number of carbonyl (C=O) groups excluding carboxylic acids is 1. The summed E-state index contributed by atoms with van der Waals surface area (Å²) >= 11 is 0. The second kappa shape index (κ2) is 3.57. The maximum atomic E-state index is 11.1. The number of allylic oxidation sites excluding steroid dienone is 1. The van der Waals surface area contributed by atoms with Crippen molar-refractivity contribution >= 4 is 5.97 Å². The lowest BCUT2D eigenvalue weighted by Gasteiger charge is -2.08. The zero-order chi connectivity index (χ0) is 9.14. The minimum absolute atomic E-state index is 0.0193. The fraction of sp³-hybridized carbons (Fsp3) is 0.500. The fourth-order valence-electron chi connectivity index (χ4n) is 1.18. The van der Waals surface area contributed by atoms with Gasteiger partial charge in [0.1, 0.15) is 6.10 Å². The Morgan fingerprint density at radius 1 is 1.75 bits per heavy atom. The lowest BCUT2D eigenvalue weighted by atomic mass is 10.3. The van der Waals surface area contributed by atoms with Crippen LogP contribution in [0.15, 0.2) is 23.8 Å². The van der Waals surface area contributed by atoms with Gasteiger partial charge in [0.25, 0.3) is 0 Å². The summed E-state index contributed by atoms with van der Waals surface area (Å²) in [4.78, 5) is 11.1. The molecule has 0 aromatic heterocycles.